The third-order valence-electron chi connectivity index (χ3n) is 6.66. The Morgan fingerprint density at radius 2 is 1.58 bits per heavy atom. The molecule has 1 aliphatic carbocycles. The summed E-state index contributed by atoms with van der Waals surface area (Å²) >= 11 is 0. The summed E-state index contributed by atoms with van der Waals surface area (Å²) in [6.07, 6.45) is 10.00. The lowest BCUT2D eigenvalue weighted by molar-refractivity contribution is 0.131. The van der Waals surface area contributed by atoms with E-state index in [9.17, 15) is 0 Å². The second-order valence-corrected chi connectivity index (χ2v) is 8.89. The van der Waals surface area contributed by atoms with Gasteiger partial charge in [0.05, 0.1) is 0 Å². The van der Waals surface area contributed by atoms with Crippen molar-refractivity contribution in [3.8, 4) is 17.2 Å². The van der Waals surface area contributed by atoms with Gasteiger partial charge in [-0.15, -0.1) is 0 Å². The average molecular weight is 437 g/mol. The van der Waals surface area contributed by atoms with Gasteiger partial charge in [-0.3, -0.25) is 0 Å². The van der Waals surface area contributed by atoms with E-state index in [-0.39, 0.29) is 0 Å². The van der Waals surface area contributed by atoms with Crippen LogP contribution in [0.15, 0.2) is 90.7 Å². The molecule has 4 nitrogen and oxygen atoms in total. The molecule has 0 atom stereocenters. The van der Waals surface area contributed by atoms with Crippen LogP contribution in [0.2, 0.25) is 0 Å². The van der Waals surface area contributed by atoms with Crippen LogP contribution < -0.4 is 14.4 Å². The molecule has 0 amide bonds. The maximum Gasteiger partial charge on any atom is 0.161 e. The molecule has 2 aliphatic heterocycles. The first-order valence-corrected chi connectivity index (χ1v) is 11.8. The first-order chi connectivity index (χ1) is 16.3. The van der Waals surface area contributed by atoms with Gasteiger partial charge in [0.2, 0.25) is 0 Å². The summed E-state index contributed by atoms with van der Waals surface area (Å²) in [5.74, 6) is 2.68. The monoisotopic (exact) mass is 436 g/mol. The highest BCUT2D eigenvalue weighted by Crippen LogP contribution is 2.34. The number of fused-ring (bicyclic) bond motifs is 2. The quantitative estimate of drug-likeness (QED) is 0.471. The highest BCUT2D eigenvalue weighted by Gasteiger charge is 2.20. The lowest BCUT2D eigenvalue weighted by Crippen LogP contribution is -2.31. The molecule has 4 heteroatoms. The van der Waals surface area contributed by atoms with E-state index in [1.165, 1.54) is 22.5 Å². The van der Waals surface area contributed by atoms with E-state index in [0.717, 1.165) is 61.7 Å². The fourth-order valence-electron chi connectivity index (χ4n) is 4.87. The first kappa shape index (κ1) is 20.0. The minimum atomic E-state index is 0.589. The summed E-state index contributed by atoms with van der Waals surface area (Å²) in [6.45, 7) is 3.38. The van der Waals surface area contributed by atoms with Gasteiger partial charge in [-0.2, -0.15) is 0 Å². The number of hydrogen-bond acceptors (Lipinski definition) is 4. The fraction of sp³-hybridized carbons (Fsp3) is 0.241. The number of hydrogen-bond donors (Lipinski definition) is 0. The Morgan fingerprint density at radius 3 is 2.42 bits per heavy atom. The normalized spacial score (nSPS) is 17.0. The lowest BCUT2D eigenvalue weighted by atomic mass is 9.99. The predicted octanol–water partition coefficient (Wildman–Crippen LogP) is 6.43. The van der Waals surface area contributed by atoms with Crippen molar-refractivity contribution in [2.24, 2.45) is 0 Å². The molecule has 0 radical (unpaired) electrons. The van der Waals surface area contributed by atoms with E-state index in [2.05, 4.69) is 82.6 Å². The Morgan fingerprint density at radius 1 is 0.758 bits per heavy atom. The predicted molar refractivity (Wildman–Crippen MR) is 132 cm³/mol. The molecular weight excluding hydrogens is 408 g/mol. The van der Waals surface area contributed by atoms with Gasteiger partial charge in [0.1, 0.15) is 17.2 Å². The Kier molecular flexibility index (Phi) is 5.27. The Hall–Kier alpha value is -3.66. The Labute approximate surface area is 195 Å². The minimum absolute atomic E-state index is 0.589. The summed E-state index contributed by atoms with van der Waals surface area (Å²) in [7, 11) is 0. The smallest absolute Gasteiger partial charge is 0.161 e. The zero-order chi connectivity index (χ0) is 22.0. The van der Waals surface area contributed by atoms with Crippen LogP contribution in [0.5, 0.6) is 17.2 Å². The molecule has 166 valence electrons. The highest BCUT2D eigenvalue weighted by molar-refractivity contribution is 5.51. The van der Waals surface area contributed by atoms with Crippen LogP contribution >= 0.6 is 0 Å². The van der Waals surface area contributed by atoms with E-state index in [1.807, 2.05) is 12.1 Å². The average Bonchev–Trinajstić information content (AvgIpc) is 2.89. The van der Waals surface area contributed by atoms with Gasteiger partial charge in [-0.1, -0.05) is 36.4 Å². The molecule has 0 unspecified atom stereocenters. The topological polar surface area (TPSA) is 24.9 Å². The summed E-state index contributed by atoms with van der Waals surface area (Å²) in [5, 5.41) is 0. The zero-order valence-electron chi connectivity index (χ0n) is 18.7. The summed E-state index contributed by atoms with van der Waals surface area (Å²) < 4.78 is 12.3. The van der Waals surface area contributed by atoms with Crippen molar-refractivity contribution in [1.29, 1.82) is 0 Å². The van der Waals surface area contributed by atoms with Crippen LogP contribution in [0.4, 0.5) is 5.69 Å². The van der Waals surface area contributed by atoms with Crippen molar-refractivity contribution in [3.63, 3.8) is 0 Å². The molecule has 0 saturated heterocycles. The number of allylic oxidation sites excluding steroid dienone is 3. The van der Waals surface area contributed by atoms with Gasteiger partial charge in [0, 0.05) is 36.6 Å². The Bertz CT molecular complexity index is 1220. The van der Waals surface area contributed by atoms with Gasteiger partial charge in [0.15, 0.2) is 6.73 Å². The molecule has 0 spiro atoms. The summed E-state index contributed by atoms with van der Waals surface area (Å²) in [4.78, 5) is 4.71. The first-order valence-electron chi connectivity index (χ1n) is 11.8. The molecule has 0 N–H and O–H groups in total. The molecular formula is C29H28N2O2. The van der Waals surface area contributed by atoms with Crippen molar-refractivity contribution < 1.29 is 9.47 Å². The highest BCUT2D eigenvalue weighted by atomic mass is 16.5. The van der Waals surface area contributed by atoms with Crippen LogP contribution in [-0.2, 0) is 19.5 Å². The molecule has 3 aromatic carbocycles. The van der Waals surface area contributed by atoms with Gasteiger partial charge in [0.25, 0.3) is 0 Å². The Balaban J connectivity index is 1.19. The van der Waals surface area contributed by atoms with Crippen LogP contribution in [0.25, 0.3) is 0 Å². The van der Waals surface area contributed by atoms with E-state index in [4.69, 9.17) is 9.47 Å². The van der Waals surface area contributed by atoms with Crippen molar-refractivity contribution in [1.82, 2.24) is 4.90 Å². The van der Waals surface area contributed by atoms with Crippen molar-refractivity contribution in [3.05, 3.63) is 107 Å². The maximum absolute atomic E-state index is 6.31. The van der Waals surface area contributed by atoms with E-state index in [0.29, 0.717) is 6.73 Å². The van der Waals surface area contributed by atoms with Gasteiger partial charge >= 0.3 is 0 Å². The molecule has 0 saturated carbocycles. The standard InChI is InChI=1S/C29H28N2O2/c1-3-7-25(8-4-1)30-16-15-22-11-12-27(17-23(22)19-30)33-28-13-14-29-24(18-28)20-31(21-32-29)26-9-5-2-6-10-26/h1,3-5,7-14,17-18H,2,6,15-16,19-21H2. The molecule has 6 rings (SSSR count). The van der Waals surface area contributed by atoms with Gasteiger partial charge in [-0.25, -0.2) is 0 Å². The third kappa shape index (κ3) is 4.21. The van der Waals surface area contributed by atoms with Crippen LogP contribution in [0, 0.1) is 0 Å². The second kappa shape index (κ2) is 8.70. The number of para-hydroxylation sites is 1. The molecule has 0 fully saturated rings. The fourth-order valence-corrected chi connectivity index (χ4v) is 4.87. The second-order valence-electron chi connectivity index (χ2n) is 8.89. The minimum Gasteiger partial charge on any atom is -0.473 e. The maximum atomic E-state index is 6.31. The molecule has 33 heavy (non-hydrogen) atoms. The number of benzene rings is 3. The number of rotatable bonds is 4. The SMILES string of the molecule is C1=CC(N2COc3ccc(Oc4ccc5c(c4)CN(c4ccccc4)CC5)cc3C2)=CCC1. The van der Waals surface area contributed by atoms with Crippen LogP contribution in [-0.4, -0.2) is 18.2 Å². The molecule has 2 heterocycles. The van der Waals surface area contributed by atoms with Crippen LogP contribution in [0.3, 0.4) is 0 Å². The zero-order valence-corrected chi connectivity index (χ0v) is 18.7. The summed E-state index contributed by atoms with van der Waals surface area (Å²) in [6, 6.07) is 23.3. The summed E-state index contributed by atoms with van der Waals surface area (Å²) in [5.41, 5.74) is 6.43. The van der Waals surface area contributed by atoms with Crippen molar-refractivity contribution in [2.45, 2.75) is 32.4 Å². The van der Waals surface area contributed by atoms with E-state index >= 15 is 0 Å². The van der Waals surface area contributed by atoms with E-state index < -0.39 is 0 Å². The van der Waals surface area contributed by atoms with Gasteiger partial charge < -0.3 is 19.3 Å². The molecule has 3 aliphatic rings. The van der Waals surface area contributed by atoms with Gasteiger partial charge in [-0.05, 0) is 78.9 Å². The molecule has 0 bridgehead atoms. The largest absolute Gasteiger partial charge is 0.473 e. The third-order valence-corrected chi connectivity index (χ3v) is 6.66. The molecule has 3 aromatic rings. The van der Waals surface area contributed by atoms with Crippen molar-refractivity contribution in [2.75, 3.05) is 18.2 Å². The number of ether oxygens (including phenoxy) is 2. The number of nitrogens with zero attached hydrogens (tertiary/aromatic N) is 2. The van der Waals surface area contributed by atoms with Crippen LogP contribution in [0.1, 0.15) is 29.5 Å². The van der Waals surface area contributed by atoms with E-state index in [1.54, 1.807) is 0 Å². The van der Waals surface area contributed by atoms with Crippen molar-refractivity contribution >= 4 is 5.69 Å². The lowest BCUT2D eigenvalue weighted by Gasteiger charge is -2.32. The number of anilines is 1. The molecule has 0 aromatic heterocycles.